The Kier molecular flexibility index (Phi) is 3.69. The van der Waals surface area contributed by atoms with Crippen LogP contribution in [0.25, 0.3) is 0 Å². The molecule has 80 valence electrons. The molecule has 14 heavy (non-hydrogen) atoms. The first-order chi connectivity index (χ1) is 6.61. The summed E-state index contributed by atoms with van der Waals surface area (Å²) in [5.41, 5.74) is 1.74. The maximum Gasteiger partial charge on any atom is 0.334 e. The Morgan fingerprint density at radius 1 is 1.57 bits per heavy atom. The van der Waals surface area contributed by atoms with Crippen LogP contribution >= 0.6 is 0 Å². The van der Waals surface area contributed by atoms with Gasteiger partial charge in [0.15, 0.2) is 0 Å². The molecule has 0 radical (unpaired) electrons. The molecule has 0 aromatic carbocycles. The Hall–Kier alpha value is -0.830. The number of aliphatic hydroxyl groups is 1. The molecule has 1 rings (SSSR count). The van der Waals surface area contributed by atoms with Crippen LogP contribution in [0.2, 0.25) is 0 Å². The van der Waals surface area contributed by atoms with Crippen molar-refractivity contribution in [2.75, 3.05) is 6.61 Å². The fourth-order valence-corrected chi connectivity index (χ4v) is 1.99. The Bertz CT molecular complexity index is 255. The first-order valence-corrected chi connectivity index (χ1v) is 5.18. The highest BCUT2D eigenvalue weighted by Crippen LogP contribution is 2.34. The zero-order valence-corrected chi connectivity index (χ0v) is 9.04. The lowest BCUT2D eigenvalue weighted by Crippen LogP contribution is -2.12. The SMILES string of the molecule is CCOC(=O)C1=C(CC)C(C)C(O)C1. The Morgan fingerprint density at radius 2 is 2.21 bits per heavy atom. The van der Waals surface area contributed by atoms with Crippen LogP contribution < -0.4 is 0 Å². The molecule has 0 aromatic rings. The molecule has 0 aromatic heterocycles. The minimum Gasteiger partial charge on any atom is -0.463 e. The Morgan fingerprint density at radius 3 is 2.71 bits per heavy atom. The molecule has 0 aliphatic heterocycles. The second kappa shape index (κ2) is 4.60. The molecule has 2 unspecified atom stereocenters. The molecule has 1 aliphatic rings. The molecular weight excluding hydrogens is 180 g/mol. The highest BCUT2D eigenvalue weighted by Gasteiger charge is 2.32. The van der Waals surface area contributed by atoms with Crippen LogP contribution in [0.3, 0.4) is 0 Å². The van der Waals surface area contributed by atoms with Crippen molar-refractivity contribution in [1.29, 1.82) is 0 Å². The summed E-state index contributed by atoms with van der Waals surface area (Å²) in [5, 5.41) is 9.64. The highest BCUT2D eigenvalue weighted by molar-refractivity contribution is 5.90. The summed E-state index contributed by atoms with van der Waals surface area (Å²) in [6.45, 7) is 6.14. The molecule has 0 amide bonds. The molecule has 2 atom stereocenters. The Balaban J connectivity index is 2.84. The number of hydrogen-bond donors (Lipinski definition) is 1. The van der Waals surface area contributed by atoms with Gasteiger partial charge in [-0.2, -0.15) is 0 Å². The van der Waals surface area contributed by atoms with E-state index in [4.69, 9.17) is 4.74 Å². The summed E-state index contributed by atoms with van der Waals surface area (Å²) < 4.78 is 4.95. The van der Waals surface area contributed by atoms with Crippen LogP contribution in [0.5, 0.6) is 0 Å². The molecule has 0 heterocycles. The summed E-state index contributed by atoms with van der Waals surface area (Å²) in [6.07, 6.45) is 0.847. The number of rotatable bonds is 3. The molecular formula is C11H18O3. The topological polar surface area (TPSA) is 46.5 Å². The van der Waals surface area contributed by atoms with Gasteiger partial charge in [-0.1, -0.05) is 19.4 Å². The van der Waals surface area contributed by atoms with Crippen molar-refractivity contribution in [3.8, 4) is 0 Å². The number of hydrogen-bond acceptors (Lipinski definition) is 3. The van der Waals surface area contributed by atoms with Crippen LogP contribution in [-0.2, 0) is 9.53 Å². The van der Waals surface area contributed by atoms with Gasteiger partial charge < -0.3 is 9.84 Å². The third-order valence-electron chi connectivity index (χ3n) is 2.83. The average molecular weight is 198 g/mol. The van der Waals surface area contributed by atoms with Gasteiger partial charge in [0.25, 0.3) is 0 Å². The second-order valence-corrected chi connectivity index (χ2v) is 3.64. The normalized spacial score (nSPS) is 26.9. The van der Waals surface area contributed by atoms with Gasteiger partial charge in [0.2, 0.25) is 0 Å². The zero-order chi connectivity index (χ0) is 10.7. The molecule has 3 heteroatoms. The smallest absolute Gasteiger partial charge is 0.334 e. The van der Waals surface area contributed by atoms with Crippen molar-refractivity contribution >= 4 is 5.97 Å². The predicted molar refractivity (Wildman–Crippen MR) is 53.7 cm³/mol. The van der Waals surface area contributed by atoms with Crippen molar-refractivity contribution in [2.24, 2.45) is 5.92 Å². The monoisotopic (exact) mass is 198 g/mol. The van der Waals surface area contributed by atoms with E-state index in [1.807, 2.05) is 13.8 Å². The van der Waals surface area contributed by atoms with Gasteiger partial charge in [0, 0.05) is 17.9 Å². The molecule has 1 N–H and O–H groups in total. The Labute approximate surface area is 84.8 Å². The lowest BCUT2D eigenvalue weighted by Gasteiger charge is -2.10. The number of esters is 1. The zero-order valence-electron chi connectivity index (χ0n) is 9.04. The fourth-order valence-electron chi connectivity index (χ4n) is 1.99. The van der Waals surface area contributed by atoms with Crippen molar-refractivity contribution in [3.63, 3.8) is 0 Å². The summed E-state index contributed by atoms with van der Waals surface area (Å²) >= 11 is 0. The number of carbonyl (C=O) groups is 1. The van der Waals surface area contributed by atoms with Gasteiger partial charge in [-0.15, -0.1) is 0 Å². The number of ether oxygens (including phenoxy) is 1. The molecule has 0 saturated carbocycles. The van der Waals surface area contributed by atoms with Crippen molar-refractivity contribution in [2.45, 2.75) is 39.7 Å². The number of aliphatic hydroxyl groups excluding tert-OH is 1. The van der Waals surface area contributed by atoms with Crippen LogP contribution in [0.15, 0.2) is 11.1 Å². The predicted octanol–water partition coefficient (Wildman–Crippen LogP) is 1.66. The minimum atomic E-state index is -0.413. The van der Waals surface area contributed by atoms with E-state index in [1.165, 1.54) is 0 Å². The first-order valence-electron chi connectivity index (χ1n) is 5.18. The largest absolute Gasteiger partial charge is 0.463 e. The summed E-state index contributed by atoms with van der Waals surface area (Å²) in [5.74, 6) is -0.160. The lowest BCUT2D eigenvalue weighted by atomic mass is 9.99. The first kappa shape index (κ1) is 11.2. The van der Waals surface area contributed by atoms with Gasteiger partial charge in [-0.25, -0.2) is 4.79 Å². The fraction of sp³-hybridized carbons (Fsp3) is 0.727. The van der Waals surface area contributed by atoms with E-state index in [0.29, 0.717) is 18.6 Å². The van der Waals surface area contributed by atoms with E-state index in [0.717, 1.165) is 12.0 Å². The molecule has 1 aliphatic carbocycles. The van der Waals surface area contributed by atoms with Gasteiger partial charge in [0.1, 0.15) is 0 Å². The van der Waals surface area contributed by atoms with E-state index in [1.54, 1.807) is 6.92 Å². The van der Waals surface area contributed by atoms with Crippen LogP contribution in [-0.4, -0.2) is 23.8 Å². The summed E-state index contributed by atoms with van der Waals surface area (Å²) in [4.78, 5) is 11.5. The van der Waals surface area contributed by atoms with E-state index < -0.39 is 6.10 Å². The summed E-state index contributed by atoms with van der Waals surface area (Å²) in [6, 6.07) is 0. The van der Waals surface area contributed by atoms with E-state index in [-0.39, 0.29) is 11.9 Å². The molecule has 0 bridgehead atoms. The third-order valence-corrected chi connectivity index (χ3v) is 2.83. The average Bonchev–Trinajstić information content (AvgIpc) is 2.44. The summed E-state index contributed by atoms with van der Waals surface area (Å²) in [7, 11) is 0. The molecule has 0 fully saturated rings. The van der Waals surface area contributed by atoms with Crippen molar-refractivity contribution in [3.05, 3.63) is 11.1 Å². The quantitative estimate of drug-likeness (QED) is 0.701. The van der Waals surface area contributed by atoms with Crippen molar-refractivity contribution in [1.82, 2.24) is 0 Å². The van der Waals surface area contributed by atoms with Gasteiger partial charge in [-0.05, 0) is 13.3 Å². The third kappa shape index (κ3) is 1.98. The molecule has 0 spiro atoms. The highest BCUT2D eigenvalue weighted by atomic mass is 16.5. The standard InChI is InChI=1S/C11H18O3/c1-4-8-7(3)10(12)6-9(8)11(13)14-5-2/h7,10,12H,4-6H2,1-3H3. The van der Waals surface area contributed by atoms with Crippen LogP contribution in [0.1, 0.15) is 33.6 Å². The second-order valence-electron chi connectivity index (χ2n) is 3.64. The van der Waals surface area contributed by atoms with Crippen LogP contribution in [0, 0.1) is 5.92 Å². The minimum absolute atomic E-state index is 0.0967. The van der Waals surface area contributed by atoms with Crippen LogP contribution in [0.4, 0.5) is 0 Å². The lowest BCUT2D eigenvalue weighted by molar-refractivity contribution is -0.138. The van der Waals surface area contributed by atoms with Gasteiger partial charge >= 0.3 is 5.97 Å². The number of carbonyl (C=O) groups excluding carboxylic acids is 1. The maximum absolute atomic E-state index is 11.5. The van der Waals surface area contributed by atoms with Gasteiger partial charge in [0.05, 0.1) is 12.7 Å². The molecule has 0 saturated heterocycles. The molecule has 3 nitrogen and oxygen atoms in total. The van der Waals surface area contributed by atoms with Gasteiger partial charge in [-0.3, -0.25) is 0 Å². The van der Waals surface area contributed by atoms with E-state index in [9.17, 15) is 9.90 Å². The van der Waals surface area contributed by atoms with E-state index >= 15 is 0 Å². The maximum atomic E-state index is 11.5. The van der Waals surface area contributed by atoms with Crippen molar-refractivity contribution < 1.29 is 14.6 Å². The van der Waals surface area contributed by atoms with E-state index in [2.05, 4.69) is 0 Å².